The summed E-state index contributed by atoms with van der Waals surface area (Å²) in [6, 6.07) is 15.6. The van der Waals surface area contributed by atoms with E-state index in [1.54, 1.807) is 11.0 Å². The summed E-state index contributed by atoms with van der Waals surface area (Å²) in [4.78, 5) is 11.1. The highest BCUT2D eigenvalue weighted by atomic mass is 35.5. The van der Waals surface area contributed by atoms with Crippen LogP contribution in [0, 0.1) is 0 Å². The Morgan fingerprint density at radius 1 is 1.17 bits per heavy atom. The molecule has 0 radical (unpaired) electrons. The Hall–Kier alpha value is -3.06. The van der Waals surface area contributed by atoms with Gasteiger partial charge in [0.1, 0.15) is 24.5 Å². The van der Waals surface area contributed by atoms with Crippen molar-refractivity contribution >= 4 is 17.6 Å². The van der Waals surface area contributed by atoms with Crippen LogP contribution in [0.25, 0.3) is 0 Å². The summed E-state index contributed by atoms with van der Waals surface area (Å²) in [5, 5.41) is 8.07. The molecule has 30 heavy (non-hydrogen) atoms. The second kappa shape index (κ2) is 10.6. The van der Waals surface area contributed by atoms with Crippen LogP contribution in [-0.4, -0.2) is 39.2 Å². The number of aryl methyl sites for hydroxylation is 1. The largest absolute Gasteiger partial charge is 0.487 e. The minimum atomic E-state index is 0.431. The Morgan fingerprint density at radius 3 is 2.60 bits per heavy atom. The van der Waals surface area contributed by atoms with Gasteiger partial charge in [0.25, 0.3) is 0 Å². The van der Waals surface area contributed by atoms with E-state index < -0.39 is 0 Å². The van der Waals surface area contributed by atoms with Gasteiger partial charge in [0.05, 0.1) is 18.1 Å². The van der Waals surface area contributed by atoms with Gasteiger partial charge < -0.3 is 15.0 Å². The summed E-state index contributed by atoms with van der Waals surface area (Å²) >= 11 is 6.20. The van der Waals surface area contributed by atoms with Gasteiger partial charge >= 0.3 is 0 Å². The highest BCUT2D eigenvalue weighted by molar-refractivity contribution is 6.32. The predicted molar refractivity (Wildman–Crippen MR) is 120 cm³/mol. The SMILES string of the molecule is CCNC(=NCc1ccccc1COc1ccccc1Cl)N(C)Cc1ncnn1C. The molecule has 158 valence electrons. The summed E-state index contributed by atoms with van der Waals surface area (Å²) < 4.78 is 7.69. The van der Waals surface area contributed by atoms with E-state index in [1.807, 2.05) is 55.4 Å². The van der Waals surface area contributed by atoms with Crippen LogP contribution in [0.3, 0.4) is 0 Å². The van der Waals surface area contributed by atoms with Crippen molar-refractivity contribution in [2.24, 2.45) is 12.0 Å². The Morgan fingerprint density at radius 2 is 1.90 bits per heavy atom. The summed E-state index contributed by atoms with van der Waals surface area (Å²) in [7, 11) is 3.87. The first-order chi connectivity index (χ1) is 14.6. The van der Waals surface area contributed by atoms with Gasteiger partial charge in [-0.05, 0) is 30.2 Å². The molecular formula is C22H27ClN6O. The van der Waals surface area contributed by atoms with Crippen LogP contribution in [-0.2, 0) is 26.7 Å². The lowest BCUT2D eigenvalue weighted by molar-refractivity contribution is 0.305. The fourth-order valence-electron chi connectivity index (χ4n) is 2.95. The quantitative estimate of drug-likeness (QED) is 0.440. The van der Waals surface area contributed by atoms with Crippen LogP contribution in [0.4, 0.5) is 0 Å². The molecule has 1 N–H and O–H groups in total. The summed E-state index contributed by atoms with van der Waals surface area (Å²) in [6.07, 6.45) is 1.56. The average Bonchev–Trinajstić information content (AvgIpc) is 3.15. The van der Waals surface area contributed by atoms with Gasteiger partial charge in [-0.1, -0.05) is 48.0 Å². The van der Waals surface area contributed by atoms with Crippen molar-refractivity contribution in [1.82, 2.24) is 25.0 Å². The summed E-state index contributed by atoms with van der Waals surface area (Å²) in [6.45, 7) is 4.41. The number of aromatic nitrogens is 3. The van der Waals surface area contributed by atoms with E-state index in [0.29, 0.717) is 30.5 Å². The minimum Gasteiger partial charge on any atom is -0.487 e. The molecule has 0 aliphatic heterocycles. The van der Waals surface area contributed by atoms with Gasteiger partial charge in [0.2, 0.25) is 0 Å². The van der Waals surface area contributed by atoms with Crippen molar-refractivity contribution in [3.05, 3.63) is 76.8 Å². The first kappa shape index (κ1) is 21.6. The standard InChI is InChI=1S/C22H27ClN6O/c1-4-24-22(28(2)14-21-26-16-27-29(21)3)25-13-17-9-5-6-10-18(17)15-30-20-12-8-7-11-19(20)23/h5-12,16H,4,13-15H2,1-3H3,(H,24,25). The van der Waals surface area contributed by atoms with Gasteiger partial charge in [-0.25, -0.2) is 9.98 Å². The molecule has 1 aromatic heterocycles. The third kappa shape index (κ3) is 5.73. The number of nitrogens with one attached hydrogen (secondary N) is 1. The number of nitrogens with zero attached hydrogens (tertiary/aromatic N) is 5. The molecule has 0 aliphatic rings. The van der Waals surface area contributed by atoms with Crippen LogP contribution in [0.2, 0.25) is 5.02 Å². The molecule has 0 unspecified atom stereocenters. The normalized spacial score (nSPS) is 11.4. The zero-order chi connectivity index (χ0) is 21.3. The Labute approximate surface area is 182 Å². The van der Waals surface area contributed by atoms with Crippen LogP contribution in [0.1, 0.15) is 23.9 Å². The number of rotatable bonds is 8. The fourth-order valence-corrected chi connectivity index (χ4v) is 3.14. The van der Waals surface area contributed by atoms with E-state index >= 15 is 0 Å². The second-order valence-corrected chi connectivity index (χ2v) is 7.22. The summed E-state index contributed by atoms with van der Waals surface area (Å²) in [5.74, 6) is 2.35. The van der Waals surface area contributed by atoms with Crippen molar-refractivity contribution in [3.8, 4) is 5.75 Å². The highest BCUT2D eigenvalue weighted by Crippen LogP contribution is 2.24. The van der Waals surface area contributed by atoms with Crippen LogP contribution >= 0.6 is 11.6 Å². The lowest BCUT2D eigenvalue weighted by Crippen LogP contribution is -2.39. The topological polar surface area (TPSA) is 67.6 Å². The molecule has 8 heteroatoms. The van der Waals surface area contributed by atoms with Gasteiger partial charge in [0.15, 0.2) is 5.96 Å². The van der Waals surface area contributed by atoms with Gasteiger partial charge in [0, 0.05) is 20.6 Å². The number of halogens is 1. The smallest absolute Gasteiger partial charge is 0.194 e. The molecule has 3 aromatic rings. The maximum absolute atomic E-state index is 6.20. The minimum absolute atomic E-state index is 0.431. The molecule has 0 saturated carbocycles. The van der Waals surface area contributed by atoms with E-state index in [1.165, 1.54) is 0 Å². The number of hydrogen-bond acceptors (Lipinski definition) is 4. The van der Waals surface area contributed by atoms with E-state index in [-0.39, 0.29) is 0 Å². The zero-order valence-electron chi connectivity index (χ0n) is 17.5. The molecule has 7 nitrogen and oxygen atoms in total. The molecular weight excluding hydrogens is 400 g/mol. The molecule has 0 spiro atoms. The number of benzene rings is 2. The van der Waals surface area contributed by atoms with Crippen LogP contribution < -0.4 is 10.1 Å². The third-order valence-corrected chi connectivity index (χ3v) is 4.93. The Bertz CT molecular complexity index is 987. The van der Waals surface area contributed by atoms with Crippen molar-refractivity contribution in [2.45, 2.75) is 26.6 Å². The molecule has 0 aliphatic carbocycles. The van der Waals surface area contributed by atoms with Crippen LogP contribution in [0.5, 0.6) is 5.75 Å². The molecule has 0 atom stereocenters. The Balaban J connectivity index is 1.71. The lowest BCUT2D eigenvalue weighted by atomic mass is 10.1. The number of guanidine groups is 1. The third-order valence-electron chi connectivity index (χ3n) is 4.62. The molecule has 2 aromatic carbocycles. The number of ether oxygens (including phenoxy) is 1. The highest BCUT2D eigenvalue weighted by Gasteiger charge is 2.11. The maximum atomic E-state index is 6.20. The second-order valence-electron chi connectivity index (χ2n) is 6.81. The molecule has 0 saturated heterocycles. The van der Waals surface area contributed by atoms with Crippen molar-refractivity contribution < 1.29 is 4.74 Å². The first-order valence-corrected chi connectivity index (χ1v) is 10.2. The predicted octanol–water partition coefficient (Wildman–Crippen LogP) is 3.65. The van der Waals surface area contributed by atoms with Crippen molar-refractivity contribution in [1.29, 1.82) is 0 Å². The van der Waals surface area contributed by atoms with E-state index in [9.17, 15) is 0 Å². The van der Waals surface area contributed by atoms with Gasteiger partial charge in [-0.15, -0.1) is 0 Å². The maximum Gasteiger partial charge on any atom is 0.194 e. The molecule has 0 fully saturated rings. The van der Waals surface area contributed by atoms with Crippen LogP contribution in [0.15, 0.2) is 59.9 Å². The van der Waals surface area contributed by atoms with Gasteiger partial charge in [-0.2, -0.15) is 5.10 Å². The molecule has 0 amide bonds. The van der Waals surface area contributed by atoms with Crippen molar-refractivity contribution in [2.75, 3.05) is 13.6 Å². The van der Waals surface area contributed by atoms with E-state index in [4.69, 9.17) is 21.3 Å². The number of para-hydroxylation sites is 1. The van der Waals surface area contributed by atoms with Gasteiger partial charge in [-0.3, -0.25) is 4.68 Å². The molecule has 0 bridgehead atoms. The number of aliphatic imine (C=N–C) groups is 1. The monoisotopic (exact) mass is 426 g/mol. The lowest BCUT2D eigenvalue weighted by Gasteiger charge is -2.21. The summed E-state index contributed by atoms with van der Waals surface area (Å²) in [5.41, 5.74) is 2.18. The van der Waals surface area contributed by atoms with Crippen molar-refractivity contribution in [3.63, 3.8) is 0 Å². The Kier molecular flexibility index (Phi) is 7.68. The first-order valence-electron chi connectivity index (χ1n) is 9.85. The molecule has 3 rings (SSSR count). The fraction of sp³-hybridized carbons (Fsp3) is 0.318. The number of hydrogen-bond donors (Lipinski definition) is 1. The van der Waals surface area contributed by atoms with E-state index in [2.05, 4.69) is 34.5 Å². The average molecular weight is 427 g/mol. The molecule has 1 heterocycles. The van der Waals surface area contributed by atoms with E-state index in [0.717, 1.165) is 29.5 Å². The zero-order valence-corrected chi connectivity index (χ0v) is 18.3.